The zero-order valence-corrected chi connectivity index (χ0v) is 9.47. The molecule has 0 fully saturated rings. The van der Waals surface area contributed by atoms with Crippen molar-refractivity contribution in [3.8, 4) is 5.75 Å². The van der Waals surface area contributed by atoms with Gasteiger partial charge in [-0.05, 0) is 18.6 Å². The van der Waals surface area contributed by atoms with Crippen LogP contribution < -0.4 is 9.64 Å². The van der Waals surface area contributed by atoms with Gasteiger partial charge in [-0.3, -0.25) is 4.79 Å². The number of hydrogen-bond acceptors (Lipinski definition) is 3. The minimum atomic E-state index is -1.01. The maximum Gasteiger partial charge on any atom is 0.341 e. The van der Waals surface area contributed by atoms with Crippen LogP contribution in [0.15, 0.2) is 18.2 Å². The van der Waals surface area contributed by atoms with Gasteiger partial charge in [0.05, 0.1) is 5.69 Å². The Balaban J connectivity index is 2.26. The van der Waals surface area contributed by atoms with Crippen LogP contribution in [-0.2, 0) is 16.0 Å². The predicted molar refractivity (Wildman–Crippen MR) is 61.3 cm³/mol. The maximum atomic E-state index is 11.4. The van der Waals surface area contributed by atoms with E-state index >= 15 is 0 Å². The molecule has 1 N–H and O–H groups in total. The fourth-order valence-electron chi connectivity index (χ4n) is 2.00. The van der Waals surface area contributed by atoms with Gasteiger partial charge in [0.1, 0.15) is 5.75 Å². The van der Waals surface area contributed by atoms with Crippen molar-refractivity contribution in [3.05, 3.63) is 23.8 Å². The van der Waals surface area contributed by atoms with Crippen molar-refractivity contribution in [3.63, 3.8) is 0 Å². The Kier molecular flexibility index (Phi) is 2.99. The van der Waals surface area contributed by atoms with Gasteiger partial charge in [-0.1, -0.05) is 6.07 Å². The Morgan fingerprint density at radius 1 is 1.47 bits per heavy atom. The lowest BCUT2D eigenvalue weighted by molar-refractivity contribution is -0.139. The molecule has 17 heavy (non-hydrogen) atoms. The highest BCUT2D eigenvalue weighted by molar-refractivity contribution is 5.94. The number of anilines is 1. The average Bonchev–Trinajstić information content (AvgIpc) is 2.70. The van der Waals surface area contributed by atoms with Gasteiger partial charge in [0.15, 0.2) is 6.61 Å². The van der Waals surface area contributed by atoms with E-state index in [9.17, 15) is 9.59 Å². The molecule has 5 heteroatoms. The van der Waals surface area contributed by atoms with Crippen molar-refractivity contribution >= 4 is 17.6 Å². The summed E-state index contributed by atoms with van der Waals surface area (Å²) in [5.41, 5.74) is 1.73. The third kappa shape index (κ3) is 2.22. The van der Waals surface area contributed by atoms with E-state index in [-0.39, 0.29) is 12.5 Å². The second kappa shape index (κ2) is 4.45. The zero-order valence-electron chi connectivity index (χ0n) is 9.47. The largest absolute Gasteiger partial charge is 0.482 e. The summed E-state index contributed by atoms with van der Waals surface area (Å²) < 4.78 is 5.20. The third-order valence-electron chi connectivity index (χ3n) is 2.72. The number of fused-ring (bicyclic) bond motifs is 1. The molecule has 0 aliphatic carbocycles. The van der Waals surface area contributed by atoms with Gasteiger partial charge >= 0.3 is 5.97 Å². The van der Waals surface area contributed by atoms with Crippen molar-refractivity contribution in [1.29, 1.82) is 0 Å². The summed E-state index contributed by atoms with van der Waals surface area (Å²) in [7, 11) is 0. The van der Waals surface area contributed by atoms with Crippen LogP contribution in [0, 0.1) is 0 Å². The summed E-state index contributed by atoms with van der Waals surface area (Å²) >= 11 is 0. The van der Waals surface area contributed by atoms with Crippen molar-refractivity contribution in [2.24, 2.45) is 0 Å². The highest BCUT2D eigenvalue weighted by Crippen LogP contribution is 2.34. The average molecular weight is 235 g/mol. The molecule has 0 saturated carbocycles. The van der Waals surface area contributed by atoms with Crippen molar-refractivity contribution < 1.29 is 19.4 Å². The molecule has 0 atom stereocenters. The molecule has 0 bridgehead atoms. The number of ether oxygens (including phenoxy) is 1. The second-order valence-electron chi connectivity index (χ2n) is 3.86. The molecule has 0 radical (unpaired) electrons. The fraction of sp³-hybridized carbons (Fsp3) is 0.333. The first-order valence-corrected chi connectivity index (χ1v) is 5.34. The molecule has 1 heterocycles. The maximum absolute atomic E-state index is 11.4. The minimum Gasteiger partial charge on any atom is -0.482 e. The Morgan fingerprint density at radius 3 is 2.88 bits per heavy atom. The number of carboxylic acid groups (broad SMARTS) is 1. The Morgan fingerprint density at radius 2 is 2.24 bits per heavy atom. The first-order valence-electron chi connectivity index (χ1n) is 5.34. The monoisotopic (exact) mass is 235 g/mol. The highest BCUT2D eigenvalue weighted by Gasteiger charge is 2.24. The highest BCUT2D eigenvalue weighted by atomic mass is 16.5. The van der Waals surface area contributed by atoms with E-state index in [0.29, 0.717) is 18.7 Å². The van der Waals surface area contributed by atoms with Gasteiger partial charge in [-0.25, -0.2) is 4.79 Å². The molecule has 1 aromatic rings. The van der Waals surface area contributed by atoms with Crippen LogP contribution in [0.2, 0.25) is 0 Å². The topological polar surface area (TPSA) is 66.8 Å². The summed E-state index contributed by atoms with van der Waals surface area (Å²) in [4.78, 5) is 23.5. The molecule has 1 aliphatic heterocycles. The van der Waals surface area contributed by atoms with E-state index in [1.807, 2.05) is 6.07 Å². The smallest absolute Gasteiger partial charge is 0.341 e. The number of benzene rings is 1. The van der Waals surface area contributed by atoms with Crippen molar-refractivity contribution in [2.45, 2.75) is 13.3 Å². The lowest BCUT2D eigenvalue weighted by Gasteiger charge is -2.15. The Hall–Kier alpha value is -2.04. The lowest BCUT2D eigenvalue weighted by Crippen LogP contribution is -2.25. The molecule has 1 amide bonds. The van der Waals surface area contributed by atoms with E-state index < -0.39 is 5.97 Å². The number of aliphatic carboxylic acids is 1. The van der Waals surface area contributed by atoms with Crippen LogP contribution >= 0.6 is 0 Å². The molecule has 0 unspecified atom stereocenters. The van der Waals surface area contributed by atoms with E-state index in [4.69, 9.17) is 9.84 Å². The quantitative estimate of drug-likeness (QED) is 0.850. The summed E-state index contributed by atoms with van der Waals surface area (Å²) in [6.07, 6.45) is 0.699. The Labute approximate surface area is 98.6 Å². The number of rotatable bonds is 3. The van der Waals surface area contributed by atoms with Crippen LogP contribution in [0.5, 0.6) is 5.75 Å². The third-order valence-corrected chi connectivity index (χ3v) is 2.72. The molecule has 90 valence electrons. The Bertz CT molecular complexity index is 470. The summed E-state index contributed by atoms with van der Waals surface area (Å²) in [6.45, 7) is 1.77. The normalized spacial score (nSPS) is 13.4. The molecular weight excluding hydrogens is 222 g/mol. The van der Waals surface area contributed by atoms with Gasteiger partial charge in [-0.15, -0.1) is 0 Å². The lowest BCUT2D eigenvalue weighted by atomic mass is 10.1. The molecule has 0 spiro atoms. The standard InChI is InChI=1S/C12H13NO4/c1-8(14)13-6-5-9-10(13)3-2-4-11(9)17-7-12(15)16/h2-4H,5-7H2,1H3,(H,15,16). The van der Waals surface area contributed by atoms with Crippen LogP contribution in [0.1, 0.15) is 12.5 Å². The van der Waals surface area contributed by atoms with Gasteiger partial charge in [-0.2, -0.15) is 0 Å². The van der Waals surface area contributed by atoms with Gasteiger partial charge < -0.3 is 14.7 Å². The van der Waals surface area contributed by atoms with Gasteiger partial charge in [0.25, 0.3) is 0 Å². The number of carboxylic acids is 1. The van der Waals surface area contributed by atoms with Crippen molar-refractivity contribution in [1.82, 2.24) is 0 Å². The van der Waals surface area contributed by atoms with Gasteiger partial charge in [0.2, 0.25) is 5.91 Å². The number of hydrogen-bond donors (Lipinski definition) is 1. The molecule has 1 aliphatic rings. The second-order valence-corrected chi connectivity index (χ2v) is 3.86. The number of carbonyl (C=O) groups is 2. The number of carbonyl (C=O) groups excluding carboxylic acids is 1. The van der Waals surface area contributed by atoms with E-state index in [0.717, 1.165) is 11.3 Å². The summed E-state index contributed by atoms with van der Waals surface area (Å²) in [5.74, 6) is -0.475. The molecule has 0 aromatic heterocycles. The summed E-state index contributed by atoms with van der Waals surface area (Å²) in [5, 5.41) is 8.57. The first-order chi connectivity index (χ1) is 8.09. The van der Waals surface area contributed by atoms with Crippen LogP contribution in [0.3, 0.4) is 0 Å². The van der Waals surface area contributed by atoms with E-state index in [1.54, 1.807) is 17.0 Å². The van der Waals surface area contributed by atoms with Crippen LogP contribution in [-0.4, -0.2) is 30.1 Å². The van der Waals surface area contributed by atoms with Gasteiger partial charge in [0, 0.05) is 19.0 Å². The number of amides is 1. The first kappa shape index (κ1) is 11.4. The molecule has 5 nitrogen and oxygen atoms in total. The summed E-state index contributed by atoms with van der Waals surface area (Å²) in [6, 6.07) is 5.33. The van der Waals surface area contributed by atoms with Crippen molar-refractivity contribution in [2.75, 3.05) is 18.1 Å². The molecular formula is C12H13NO4. The molecule has 0 saturated heterocycles. The van der Waals surface area contributed by atoms with Crippen LogP contribution in [0.25, 0.3) is 0 Å². The van der Waals surface area contributed by atoms with E-state index in [2.05, 4.69) is 0 Å². The fourth-order valence-corrected chi connectivity index (χ4v) is 2.00. The zero-order chi connectivity index (χ0) is 12.4. The predicted octanol–water partition coefficient (Wildman–Crippen LogP) is 1.06. The van der Waals surface area contributed by atoms with E-state index in [1.165, 1.54) is 6.92 Å². The van der Waals surface area contributed by atoms with Crippen LogP contribution in [0.4, 0.5) is 5.69 Å². The number of nitrogens with zero attached hydrogens (tertiary/aromatic N) is 1. The minimum absolute atomic E-state index is 0.0147. The molecule has 2 rings (SSSR count). The molecule has 1 aromatic carbocycles. The SMILES string of the molecule is CC(=O)N1CCc2c(OCC(=O)O)cccc21.